The molecule has 0 aliphatic carbocycles. The minimum absolute atomic E-state index is 0.125. The lowest BCUT2D eigenvalue weighted by molar-refractivity contribution is -0.119. The molecule has 3 rings (SSSR count). The number of halogens is 1. The van der Waals surface area contributed by atoms with E-state index in [1.165, 1.54) is 30.3 Å². The highest BCUT2D eigenvalue weighted by Crippen LogP contribution is 2.25. The van der Waals surface area contributed by atoms with Crippen LogP contribution in [-0.2, 0) is 9.53 Å². The maximum atomic E-state index is 14.6. The van der Waals surface area contributed by atoms with Gasteiger partial charge in [0.1, 0.15) is 24.6 Å². The quantitative estimate of drug-likeness (QED) is 0.704. The first-order chi connectivity index (χ1) is 13.3. The first-order valence-electron chi connectivity index (χ1n) is 8.79. The molecule has 148 valence electrons. The molecule has 1 saturated heterocycles. The number of carbonyl (C=O) groups is 2. The zero-order valence-electron chi connectivity index (χ0n) is 15.6. The molecule has 1 unspecified atom stereocenters. The second-order valence-electron chi connectivity index (χ2n) is 6.62. The zero-order valence-corrected chi connectivity index (χ0v) is 15.6. The molecule has 2 heterocycles. The summed E-state index contributed by atoms with van der Waals surface area (Å²) in [4.78, 5) is 28.2. The number of cyclic esters (lactones) is 1. The van der Waals surface area contributed by atoms with Crippen molar-refractivity contribution in [1.82, 2.24) is 20.1 Å². The largest absolute Gasteiger partial charge is 0.442 e. The van der Waals surface area contributed by atoms with Crippen molar-refractivity contribution in [1.29, 1.82) is 5.41 Å². The molecule has 2 aromatic rings. The molecule has 1 aliphatic heterocycles. The molecule has 2 atom stereocenters. The number of benzene rings is 1. The number of rotatable bonds is 7. The monoisotopic (exact) mass is 388 g/mol. The van der Waals surface area contributed by atoms with Crippen LogP contribution < -0.4 is 10.2 Å². The Hall–Kier alpha value is -3.30. The van der Waals surface area contributed by atoms with E-state index in [-0.39, 0.29) is 42.7 Å². The number of ether oxygens (including phenoxy) is 1. The zero-order chi connectivity index (χ0) is 20.3. The molecule has 9 nitrogen and oxygen atoms in total. The van der Waals surface area contributed by atoms with Gasteiger partial charge in [-0.15, -0.1) is 0 Å². The van der Waals surface area contributed by atoms with Gasteiger partial charge in [-0.3, -0.25) is 9.69 Å². The number of anilines is 1. The molecule has 2 N–H and O–H groups in total. The minimum atomic E-state index is -0.600. The van der Waals surface area contributed by atoms with Gasteiger partial charge in [-0.2, -0.15) is 5.10 Å². The summed E-state index contributed by atoms with van der Waals surface area (Å²) in [7, 11) is 0. The van der Waals surface area contributed by atoms with E-state index < -0.39 is 18.0 Å². The van der Waals surface area contributed by atoms with Crippen LogP contribution in [0.25, 0.3) is 0 Å². The highest BCUT2D eigenvalue weighted by molar-refractivity contribution is 5.99. The lowest BCUT2D eigenvalue weighted by Gasteiger charge is -2.16. The molecule has 0 saturated carbocycles. The number of hydrogen-bond donors (Lipinski definition) is 2. The van der Waals surface area contributed by atoms with Gasteiger partial charge in [-0.1, -0.05) is 0 Å². The van der Waals surface area contributed by atoms with Crippen LogP contribution in [0.5, 0.6) is 0 Å². The number of carbonyl (C=O) groups excluding carboxylic acids is 2. The molecule has 1 fully saturated rings. The lowest BCUT2D eigenvalue weighted by Crippen LogP contribution is -2.33. The van der Waals surface area contributed by atoms with Gasteiger partial charge in [-0.25, -0.2) is 18.9 Å². The van der Waals surface area contributed by atoms with Crippen LogP contribution in [0, 0.1) is 11.2 Å². The van der Waals surface area contributed by atoms with Gasteiger partial charge >= 0.3 is 6.09 Å². The summed E-state index contributed by atoms with van der Waals surface area (Å²) in [6, 6.07) is 4.13. The predicted molar refractivity (Wildman–Crippen MR) is 98.9 cm³/mol. The minimum Gasteiger partial charge on any atom is -0.442 e. The van der Waals surface area contributed by atoms with E-state index >= 15 is 0 Å². The van der Waals surface area contributed by atoms with Gasteiger partial charge in [0.05, 0.1) is 24.8 Å². The fourth-order valence-corrected chi connectivity index (χ4v) is 2.96. The van der Waals surface area contributed by atoms with E-state index in [1.54, 1.807) is 17.1 Å². The number of amides is 2. The summed E-state index contributed by atoms with van der Waals surface area (Å²) in [6.45, 7) is 3.65. The number of nitrogens with one attached hydrogen (secondary N) is 2. The van der Waals surface area contributed by atoms with E-state index in [0.717, 1.165) is 0 Å². The van der Waals surface area contributed by atoms with Gasteiger partial charge in [0.25, 0.3) is 0 Å². The average Bonchev–Trinajstić information content (AvgIpc) is 3.29. The van der Waals surface area contributed by atoms with E-state index in [1.807, 2.05) is 6.92 Å². The Morgan fingerprint density at radius 1 is 1.50 bits per heavy atom. The van der Waals surface area contributed by atoms with Gasteiger partial charge in [0, 0.05) is 24.6 Å². The molecule has 2 amide bonds. The SMILES string of the molecule is CC(=O)NC[C@H]1CN(c2ccc(C(=N)CC(C)n3cncn3)c(F)c2)C(=O)O1. The Labute approximate surface area is 161 Å². The predicted octanol–water partition coefficient (Wildman–Crippen LogP) is 1.90. The standard InChI is InChI=1S/C18H21FN6O3/c1-11(25-10-21-9-23-25)5-17(20)15-4-3-13(6-16(15)19)24-8-14(28-18(24)27)7-22-12(2)26/h3-4,6,9-11,14,20H,5,7-8H2,1-2H3,(H,22,26)/t11?,14-/m0/s1. The van der Waals surface area contributed by atoms with Crippen LogP contribution in [0.3, 0.4) is 0 Å². The Kier molecular flexibility index (Phi) is 5.67. The maximum Gasteiger partial charge on any atom is 0.414 e. The van der Waals surface area contributed by atoms with Crippen molar-refractivity contribution in [3.05, 3.63) is 42.2 Å². The molecule has 0 bridgehead atoms. The van der Waals surface area contributed by atoms with Crippen LogP contribution in [0.4, 0.5) is 14.9 Å². The Bertz CT molecular complexity index is 885. The molecule has 1 aromatic heterocycles. The average molecular weight is 388 g/mol. The summed E-state index contributed by atoms with van der Waals surface area (Å²) >= 11 is 0. The summed E-state index contributed by atoms with van der Waals surface area (Å²) in [6.07, 6.45) is 2.14. The van der Waals surface area contributed by atoms with E-state index in [0.29, 0.717) is 5.69 Å². The van der Waals surface area contributed by atoms with Crippen LogP contribution >= 0.6 is 0 Å². The molecule has 1 aromatic carbocycles. The van der Waals surface area contributed by atoms with Crippen molar-refractivity contribution in [2.24, 2.45) is 0 Å². The highest BCUT2D eigenvalue weighted by Gasteiger charge is 2.32. The maximum absolute atomic E-state index is 14.6. The van der Waals surface area contributed by atoms with Crippen molar-refractivity contribution in [3.8, 4) is 0 Å². The second-order valence-corrected chi connectivity index (χ2v) is 6.62. The van der Waals surface area contributed by atoms with Crippen molar-refractivity contribution in [2.75, 3.05) is 18.0 Å². The van der Waals surface area contributed by atoms with Crippen molar-refractivity contribution < 1.29 is 18.7 Å². The third kappa shape index (κ3) is 4.33. The van der Waals surface area contributed by atoms with Crippen LogP contribution in [0.2, 0.25) is 0 Å². The van der Waals surface area contributed by atoms with Gasteiger partial charge in [-0.05, 0) is 25.1 Å². The van der Waals surface area contributed by atoms with Crippen LogP contribution in [0.1, 0.15) is 31.9 Å². The van der Waals surface area contributed by atoms with Crippen molar-refractivity contribution >= 4 is 23.4 Å². The van der Waals surface area contributed by atoms with Gasteiger partial charge in [0.15, 0.2) is 0 Å². The first-order valence-corrected chi connectivity index (χ1v) is 8.79. The molecule has 0 radical (unpaired) electrons. The van der Waals surface area contributed by atoms with E-state index in [4.69, 9.17) is 10.1 Å². The highest BCUT2D eigenvalue weighted by atomic mass is 19.1. The Balaban J connectivity index is 1.67. The number of nitrogens with zero attached hydrogens (tertiary/aromatic N) is 4. The summed E-state index contributed by atoms with van der Waals surface area (Å²) in [5, 5.41) is 14.8. The molecule has 28 heavy (non-hydrogen) atoms. The third-order valence-electron chi connectivity index (χ3n) is 4.43. The number of aromatic nitrogens is 3. The summed E-state index contributed by atoms with van der Waals surface area (Å²) in [5.41, 5.74) is 0.631. The van der Waals surface area contributed by atoms with Gasteiger partial charge < -0.3 is 15.5 Å². The Morgan fingerprint density at radius 2 is 2.29 bits per heavy atom. The third-order valence-corrected chi connectivity index (χ3v) is 4.43. The fourth-order valence-electron chi connectivity index (χ4n) is 2.96. The summed E-state index contributed by atoms with van der Waals surface area (Å²) < 4.78 is 21.4. The second kappa shape index (κ2) is 8.15. The smallest absolute Gasteiger partial charge is 0.414 e. The van der Waals surface area contributed by atoms with Crippen molar-refractivity contribution in [3.63, 3.8) is 0 Å². The molecule has 1 aliphatic rings. The fraction of sp³-hybridized carbons (Fsp3) is 0.389. The molecule has 10 heteroatoms. The lowest BCUT2D eigenvalue weighted by atomic mass is 10.0. The normalized spacial score (nSPS) is 17.3. The van der Waals surface area contributed by atoms with Gasteiger partial charge in [0.2, 0.25) is 5.91 Å². The van der Waals surface area contributed by atoms with E-state index in [9.17, 15) is 14.0 Å². The van der Waals surface area contributed by atoms with Crippen LogP contribution in [0.15, 0.2) is 30.9 Å². The Morgan fingerprint density at radius 3 is 2.93 bits per heavy atom. The van der Waals surface area contributed by atoms with E-state index in [2.05, 4.69) is 15.4 Å². The molecular formula is C18H21FN6O3. The topological polar surface area (TPSA) is 113 Å². The molecular weight excluding hydrogens is 367 g/mol. The van der Waals surface area contributed by atoms with Crippen LogP contribution in [-0.4, -0.2) is 51.7 Å². The molecule has 0 spiro atoms. The summed E-state index contributed by atoms with van der Waals surface area (Å²) in [5.74, 6) is -0.810. The first kappa shape index (κ1) is 19.5. The van der Waals surface area contributed by atoms with Crippen molar-refractivity contribution in [2.45, 2.75) is 32.4 Å². The number of hydrogen-bond acceptors (Lipinski definition) is 6.